The van der Waals surface area contributed by atoms with Crippen LogP contribution >= 0.6 is 0 Å². The Hall–Kier alpha value is -2.56. The van der Waals surface area contributed by atoms with Gasteiger partial charge in [0.1, 0.15) is 5.82 Å². The number of rotatable bonds is 7. The highest BCUT2D eigenvalue weighted by molar-refractivity contribution is 5.93. The molecular formula is C21H26N2O3. The molecule has 1 aliphatic carbocycles. The number of carbonyl (C=O) groups is 1. The van der Waals surface area contributed by atoms with Crippen LogP contribution in [-0.4, -0.2) is 18.4 Å². The summed E-state index contributed by atoms with van der Waals surface area (Å²) in [5.41, 5.74) is 1.43. The minimum atomic E-state index is -0.511. The molecule has 3 rings (SSSR count). The van der Waals surface area contributed by atoms with Crippen molar-refractivity contribution in [2.24, 2.45) is 10.9 Å². The molecule has 1 aromatic carbocycles. The SMILES string of the molecule is C=C/C=C(\N=C(/C)CC(C)C)NC(=O)C1(c2ccc3c(c2)OCO3)CC1. The zero-order chi connectivity index (χ0) is 18.7. The first-order chi connectivity index (χ1) is 12.4. The zero-order valence-electron chi connectivity index (χ0n) is 15.7. The van der Waals surface area contributed by atoms with Crippen LogP contribution in [0.4, 0.5) is 0 Å². The average molecular weight is 354 g/mol. The Labute approximate surface area is 154 Å². The Morgan fingerprint density at radius 1 is 1.35 bits per heavy atom. The summed E-state index contributed by atoms with van der Waals surface area (Å²) in [4.78, 5) is 17.6. The van der Waals surface area contributed by atoms with E-state index in [0.29, 0.717) is 17.5 Å². The molecule has 0 aromatic heterocycles. The van der Waals surface area contributed by atoms with Crippen molar-refractivity contribution >= 4 is 11.6 Å². The van der Waals surface area contributed by atoms with E-state index in [4.69, 9.17) is 9.47 Å². The van der Waals surface area contributed by atoms with Gasteiger partial charge in [0.05, 0.1) is 5.41 Å². The Bertz CT molecular complexity index is 773. The van der Waals surface area contributed by atoms with Gasteiger partial charge in [0.2, 0.25) is 12.7 Å². The maximum Gasteiger partial charge on any atom is 0.236 e. The van der Waals surface area contributed by atoms with E-state index in [1.54, 1.807) is 12.2 Å². The van der Waals surface area contributed by atoms with Crippen LogP contribution in [0.5, 0.6) is 11.5 Å². The van der Waals surface area contributed by atoms with Crippen LogP contribution in [-0.2, 0) is 10.2 Å². The molecule has 1 aromatic rings. The number of nitrogens with one attached hydrogen (secondary N) is 1. The second-order valence-corrected chi connectivity index (χ2v) is 7.34. The highest BCUT2D eigenvalue weighted by Gasteiger charge is 2.51. The monoisotopic (exact) mass is 354 g/mol. The van der Waals surface area contributed by atoms with Gasteiger partial charge in [-0.1, -0.05) is 32.6 Å². The van der Waals surface area contributed by atoms with Crippen LogP contribution in [0.25, 0.3) is 0 Å². The Kier molecular flexibility index (Phi) is 5.16. The van der Waals surface area contributed by atoms with E-state index in [2.05, 4.69) is 30.7 Å². The molecule has 1 heterocycles. The minimum absolute atomic E-state index is 0.0365. The topological polar surface area (TPSA) is 59.9 Å². The fraction of sp³-hybridized carbons (Fsp3) is 0.429. The Morgan fingerprint density at radius 3 is 2.73 bits per heavy atom. The summed E-state index contributed by atoms with van der Waals surface area (Å²) in [7, 11) is 0. The van der Waals surface area contributed by atoms with Gasteiger partial charge in [0.15, 0.2) is 11.5 Å². The summed E-state index contributed by atoms with van der Waals surface area (Å²) in [5.74, 6) is 2.45. The van der Waals surface area contributed by atoms with E-state index in [-0.39, 0.29) is 12.7 Å². The standard InChI is InChI=1S/C21H26N2O3/c1-5-6-19(22-15(4)11-14(2)3)23-20(24)21(9-10-21)16-7-8-17-18(12-16)26-13-25-17/h5-8,12,14H,1,9-11,13H2,2-4H3,(H,23,24)/b19-6+,22-15+. The predicted molar refractivity (Wildman–Crippen MR) is 102 cm³/mol. The lowest BCUT2D eigenvalue weighted by Gasteiger charge is -2.17. The maximum absolute atomic E-state index is 13.0. The van der Waals surface area contributed by atoms with E-state index >= 15 is 0 Å². The van der Waals surface area contributed by atoms with Gasteiger partial charge in [0, 0.05) is 5.71 Å². The van der Waals surface area contributed by atoms with Crippen molar-refractivity contribution in [1.82, 2.24) is 5.32 Å². The molecule has 5 nitrogen and oxygen atoms in total. The van der Waals surface area contributed by atoms with Crippen molar-refractivity contribution in [3.8, 4) is 11.5 Å². The van der Waals surface area contributed by atoms with E-state index in [9.17, 15) is 4.79 Å². The van der Waals surface area contributed by atoms with E-state index in [1.807, 2.05) is 25.1 Å². The van der Waals surface area contributed by atoms with Crippen molar-refractivity contribution in [1.29, 1.82) is 0 Å². The summed E-state index contributed by atoms with van der Waals surface area (Å²) < 4.78 is 10.8. The van der Waals surface area contributed by atoms with Crippen LogP contribution in [0, 0.1) is 5.92 Å². The van der Waals surface area contributed by atoms with Gasteiger partial charge in [-0.25, -0.2) is 4.99 Å². The molecule has 1 saturated carbocycles. The molecule has 1 aliphatic heterocycles. The Morgan fingerprint density at radius 2 is 2.08 bits per heavy atom. The number of benzene rings is 1. The first-order valence-corrected chi connectivity index (χ1v) is 9.03. The molecule has 2 aliphatic rings. The van der Waals surface area contributed by atoms with Crippen LogP contribution in [0.2, 0.25) is 0 Å². The van der Waals surface area contributed by atoms with E-state index < -0.39 is 5.41 Å². The number of ether oxygens (including phenoxy) is 2. The maximum atomic E-state index is 13.0. The number of aliphatic imine (C=N–C) groups is 1. The number of fused-ring (bicyclic) bond motifs is 1. The summed E-state index contributed by atoms with van der Waals surface area (Å²) in [6.07, 6.45) is 5.89. The molecule has 0 bridgehead atoms. The first kappa shape index (κ1) is 18.2. The molecule has 0 saturated heterocycles. The van der Waals surface area contributed by atoms with Gasteiger partial charge in [-0.3, -0.25) is 4.79 Å². The van der Waals surface area contributed by atoms with Crippen molar-refractivity contribution in [3.63, 3.8) is 0 Å². The fourth-order valence-electron chi connectivity index (χ4n) is 3.26. The number of nitrogens with zero attached hydrogens (tertiary/aromatic N) is 1. The zero-order valence-corrected chi connectivity index (χ0v) is 15.7. The van der Waals surface area contributed by atoms with Gasteiger partial charge in [0.25, 0.3) is 0 Å². The van der Waals surface area contributed by atoms with E-state index in [1.165, 1.54) is 0 Å². The fourth-order valence-corrected chi connectivity index (χ4v) is 3.26. The molecular weight excluding hydrogens is 328 g/mol. The second kappa shape index (κ2) is 7.36. The van der Waals surface area contributed by atoms with Gasteiger partial charge in [-0.05, 0) is 55.9 Å². The third kappa shape index (κ3) is 3.82. The third-order valence-corrected chi connectivity index (χ3v) is 4.64. The molecule has 0 unspecified atom stereocenters. The second-order valence-electron chi connectivity index (χ2n) is 7.34. The smallest absolute Gasteiger partial charge is 0.236 e. The van der Waals surface area contributed by atoms with Crippen LogP contribution in [0.1, 0.15) is 45.6 Å². The summed E-state index contributed by atoms with van der Waals surface area (Å²) in [5, 5.41) is 2.98. The lowest BCUT2D eigenvalue weighted by molar-refractivity contribution is -0.122. The van der Waals surface area contributed by atoms with Gasteiger partial charge in [-0.15, -0.1) is 0 Å². The number of hydrogen-bond donors (Lipinski definition) is 1. The summed E-state index contributed by atoms with van der Waals surface area (Å²) in [6, 6.07) is 5.74. The summed E-state index contributed by atoms with van der Waals surface area (Å²) >= 11 is 0. The normalized spacial score (nSPS) is 18.0. The van der Waals surface area contributed by atoms with Crippen molar-refractivity contribution in [2.45, 2.75) is 45.4 Å². The van der Waals surface area contributed by atoms with Crippen LogP contribution < -0.4 is 14.8 Å². The third-order valence-electron chi connectivity index (χ3n) is 4.64. The van der Waals surface area contributed by atoms with Gasteiger partial charge < -0.3 is 14.8 Å². The number of allylic oxidation sites excluding steroid dienone is 2. The number of carbonyl (C=O) groups excluding carboxylic acids is 1. The molecule has 1 fully saturated rings. The van der Waals surface area contributed by atoms with Gasteiger partial charge in [-0.2, -0.15) is 0 Å². The van der Waals surface area contributed by atoms with Crippen molar-refractivity contribution in [2.75, 3.05) is 6.79 Å². The molecule has 26 heavy (non-hydrogen) atoms. The van der Waals surface area contributed by atoms with Crippen molar-refractivity contribution in [3.05, 3.63) is 48.3 Å². The number of hydrogen-bond acceptors (Lipinski definition) is 4. The lowest BCUT2D eigenvalue weighted by Crippen LogP contribution is -2.34. The molecule has 1 N–H and O–H groups in total. The predicted octanol–water partition coefficient (Wildman–Crippen LogP) is 4.10. The number of amides is 1. The largest absolute Gasteiger partial charge is 0.454 e. The molecule has 138 valence electrons. The average Bonchev–Trinajstić information content (AvgIpc) is 3.25. The minimum Gasteiger partial charge on any atom is -0.454 e. The lowest BCUT2D eigenvalue weighted by atomic mass is 9.94. The highest BCUT2D eigenvalue weighted by atomic mass is 16.7. The Balaban J connectivity index is 1.77. The molecule has 0 atom stereocenters. The first-order valence-electron chi connectivity index (χ1n) is 9.03. The quantitative estimate of drug-likeness (QED) is 0.592. The highest BCUT2D eigenvalue weighted by Crippen LogP contribution is 2.50. The van der Waals surface area contributed by atoms with Crippen LogP contribution in [0.3, 0.4) is 0 Å². The van der Waals surface area contributed by atoms with Gasteiger partial charge >= 0.3 is 0 Å². The van der Waals surface area contributed by atoms with Crippen LogP contribution in [0.15, 0.2) is 47.7 Å². The molecule has 0 radical (unpaired) electrons. The summed E-state index contributed by atoms with van der Waals surface area (Å²) in [6.45, 7) is 10.2. The molecule has 0 spiro atoms. The molecule has 1 amide bonds. The van der Waals surface area contributed by atoms with E-state index in [0.717, 1.165) is 36.3 Å². The van der Waals surface area contributed by atoms with Crippen molar-refractivity contribution < 1.29 is 14.3 Å². The molecule has 5 heteroatoms.